The van der Waals surface area contributed by atoms with Crippen LogP contribution in [0.4, 0.5) is 4.79 Å². The number of hydrogen-bond donors (Lipinski definition) is 0. The van der Waals surface area contributed by atoms with E-state index in [1.54, 1.807) is 0 Å². The van der Waals surface area contributed by atoms with Crippen molar-refractivity contribution in [1.29, 1.82) is 0 Å². The minimum atomic E-state index is -3.49. The van der Waals surface area contributed by atoms with Gasteiger partial charge in [0.05, 0.1) is 0 Å². The fourth-order valence-corrected chi connectivity index (χ4v) is 39.8. The summed E-state index contributed by atoms with van der Waals surface area (Å²) in [5.74, 6) is -0.168. The molecule has 0 radical (unpaired) electrons. The van der Waals surface area contributed by atoms with E-state index < -0.39 is 42.7 Å². The number of carbonyl (C=O) groups is 3. The third-order valence-electron chi connectivity index (χ3n) is 9.74. The predicted octanol–water partition coefficient (Wildman–Crippen LogP) is 10.3. The van der Waals surface area contributed by atoms with Gasteiger partial charge in [-0.1, -0.05) is 0 Å². The van der Waals surface area contributed by atoms with Gasteiger partial charge in [0.1, 0.15) is 0 Å². The first-order valence-corrected chi connectivity index (χ1v) is 31.6. The molecular formula is C32H64N2O3Sn2. The van der Waals surface area contributed by atoms with Crippen LogP contribution in [0, 0.1) is 5.41 Å². The van der Waals surface area contributed by atoms with Gasteiger partial charge in [-0.05, 0) is 0 Å². The number of hydrogen-bond acceptors (Lipinski definition) is 3. The van der Waals surface area contributed by atoms with Crippen LogP contribution in [0.25, 0.3) is 0 Å². The summed E-state index contributed by atoms with van der Waals surface area (Å²) in [7, 11) is 0. The summed E-state index contributed by atoms with van der Waals surface area (Å²) in [6.45, 7) is 17.4. The van der Waals surface area contributed by atoms with Crippen LogP contribution in [-0.4, -0.2) is 61.4 Å². The van der Waals surface area contributed by atoms with Crippen molar-refractivity contribution in [3.8, 4) is 0 Å². The maximum absolute atomic E-state index is 15.1. The van der Waals surface area contributed by atoms with Gasteiger partial charge in [0.25, 0.3) is 0 Å². The number of imide groups is 2. The zero-order valence-electron chi connectivity index (χ0n) is 27.3. The molecule has 0 aromatic rings. The topological polar surface area (TPSA) is 57.7 Å². The number of carbonyl (C=O) groups excluding carboxylic acids is 3. The molecule has 0 unspecified atom stereocenters. The van der Waals surface area contributed by atoms with Crippen LogP contribution in [0.15, 0.2) is 0 Å². The molecule has 0 saturated carbocycles. The predicted molar refractivity (Wildman–Crippen MR) is 172 cm³/mol. The monoisotopic (exact) mass is 764 g/mol. The molecule has 0 spiro atoms. The Kier molecular flexibility index (Phi) is 17.8. The zero-order chi connectivity index (χ0) is 29.5. The zero-order valence-corrected chi connectivity index (χ0v) is 33.0. The van der Waals surface area contributed by atoms with Crippen LogP contribution in [0.2, 0.25) is 26.6 Å². The van der Waals surface area contributed by atoms with Crippen molar-refractivity contribution in [1.82, 2.24) is 6.24 Å². The Morgan fingerprint density at radius 1 is 0.462 bits per heavy atom. The van der Waals surface area contributed by atoms with Crippen LogP contribution in [-0.2, 0) is 9.59 Å². The molecule has 4 amide bonds. The summed E-state index contributed by atoms with van der Waals surface area (Å²) in [4.78, 5) is 44.5. The number of nitrogens with zero attached hydrogens (tertiary/aromatic N) is 2. The fourth-order valence-electron chi connectivity index (χ4n) is 6.94. The van der Waals surface area contributed by atoms with Crippen molar-refractivity contribution in [2.24, 2.45) is 5.41 Å². The Morgan fingerprint density at radius 2 is 0.692 bits per heavy atom. The van der Waals surface area contributed by atoms with E-state index >= 15 is 4.79 Å². The van der Waals surface area contributed by atoms with E-state index in [9.17, 15) is 9.59 Å². The van der Waals surface area contributed by atoms with Crippen LogP contribution in [0.1, 0.15) is 145 Å². The van der Waals surface area contributed by atoms with Crippen LogP contribution in [0.3, 0.4) is 0 Å². The normalized spacial score (nSPS) is 16.5. The Balaban J connectivity index is 4.00. The summed E-state index contributed by atoms with van der Waals surface area (Å²) < 4.78 is 10.3. The number of rotatable bonds is 22. The molecular weight excluding hydrogens is 698 g/mol. The first kappa shape index (κ1) is 37.2. The molecule has 0 aromatic heterocycles. The molecule has 1 rings (SSSR count). The second-order valence-electron chi connectivity index (χ2n) is 12.4. The first-order chi connectivity index (χ1) is 18.7. The Labute approximate surface area is 251 Å². The minimum absolute atomic E-state index is 0.0838. The third-order valence-corrected chi connectivity index (χ3v) is 39.4. The van der Waals surface area contributed by atoms with Crippen molar-refractivity contribution >= 4 is 55.1 Å². The van der Waals surface area contributed by atoms with Crippen molar-refractivity contribution in [2.75, 3.05) is 0 Å². The number of barbiturate groups is 1. The van der Waals surface area contributed by atoms with Crippen LogP contribution >= 0.6 is 0 Å². The molecule has 0 aromatic carbocycles. The Bertz CT molecular complexity index is 654. The molecule has 1 aliphatic heterocycles. The maximum atomic E-state index is 15.1. The summed E-state index contributed by atoms with van der Waals surface area (Å²) in [5.41, 5.74) is -1.05. The van der Waals surface area contributed by atoms with E-state index in [1.165, 1.54) is 0 Å². The van der Waals surface area contributed by atoms with Crippen LogP contribution < -0.4 is 0 Å². The van der Waals surface area contributed by atoms with Gasteiger partial charge in [-0.25, -0.2) is 0 Å². The Morgan fingerprint density at radius 3 is 0.872 bits per heavy atom. The molecule has 0 N–H and O–H groups in total. The van der Waals surface area contributed by atoms with Crippen molar-refractivity contribution in [3.05, 3.63) is 0 Å². The molecule has 1 saturated heterocycles. The molecule has 7 heteroatoms. The van der Waals surface area contributed by atoms with Crippen LogP contribution in [0.5, 0.6) is 0 Å². The van der Waals surface area contributed by atoms with Gasteiger partial charge in [0.15, 0.2) is 0 Å². The van der Waals surface area contributed by atoms with Gasteiger partial charge in [-0.15, -0.1) is 0 Å². The van der Waals surface area contributed by atoms with E-state index in [0.717, 1.165) is 104 Å². The SMILES string of the molecule is CCC[CH2][Sn]([CH2]CCC)([CH2]CCC)[N]1C(=O)[N]([Sn]([CH2]CCC)([CH2]CCC)[CH2]CCC)C(=O)C(CC)(CC)C1=O. The van der Waals surface area contributed by atoms with Crippen molar-refractivity contribution in [2.45, 2.75) is 172 Å². The van der Waals surface area contributed by atoms with Gasteiger partial charge in [-0.3, -0.25) is 0 Å². The number of amides is 4. The van der Waals surface area contributed by atoms with Gasteiger partial charge in [0.2, 0.25) is 0 Å². The quantitative estimate of drug-likeness (QED) is 0.0816. The average Bonchev–Trinajstić information content (AvgIpc) is 2.94. The molecule has 228 valence electrons. The summed E-state index contributed by atoms with van der Waals surface area (Å²) in [5, 5.41) is 0. The number of unbranched alkanes of at least 4 members (excludes halogenated alkanes) is 6. The summed E-state index contributed by atoms with van der Waals surface area (Å²) in [6.07, 6.45) is 14.1. The van der Waals surface area contributed by atoms with Crippen molar-refractivity contribution < 1.29 is 14.4 Å². The Hall–Kier alpha value is 0.207. The summed E-state index contributed by atoms with van der Waals surface area (Å²) in [6, 6.07) is -0.110. The molecule has 1 aliphatic rings. The second-order valence-corrected chi connectivity index (χ2v) is 37.5. The van der Waals surface area contributed by atoms with Gasteiger partial charge in [-0.2, -0.15) is 0 Å². The van der Waals surface area contributed by atoms with Gasteiger partial charge in [0, 0.05) is 0 Å². The molecule has 0 bridgehead atoms. The molecule has 39 heavy (non-hydrogen) atoms. The van der Waals surface area contributed by atoms with Gasteiger partial charge >= 0.3 is 253 Å². The van der Waals surface area contributed by atoms with Crippen molar-refractivity contribution in [3.63, 3.8) is 0 Å². The van der Waals surface area contributed by atoms with E-state index in [4.69, 9.17) is 0 Å². The first-order valence-electron chi connectivity index (χ1n) is 16.9. The molecule has 1 fully saturated rings. The van der Waals surface area contributed by atoms with Gasteiger partial charge < -0.3 is 0 Å². The number of urea groups is 1. The molecule has 0 atom stereocenters. The second kappa shape index (κ2) is 18.7. The fraction of sp³-hybridized carbons (Fsp3) is 0.906. The average molecular weight is 762 g/mol. The molecule has 0 aliphatic carbocycles. The molecule has 5 nitrogen and oxygen atoms in total. The van der Waals surface area contributed by atoms with E-state index in [-0.39, 0.29) is 17.8 Å². The summed E-state index contributed by atoms with van der Waals surface area (Å²) >= 11 is -6.99. The molecule has 1 heterocycles. The standard InChI is InChI=1S/C8H12N2O3.6C4H9.2Sn/c1-3-8(4-2)5(11)9-7(13)10-6(8)12;6*1-3-4-2;;/h3-4H2,1-2H3,(H2,9,10,11,12,13);6*1,3-4H2,2H3;;/q;;;;;;;2*+1/p-2. The van der Waals surface area contributed by atoms with E-state index in [2.05, 4.69) is 41.5 Å². The third kappa shape index (κ3) is 8.62. The van der Waals surface area contributed by atoms with E-state index in [1.807, 2.05) is 20.1 Å². The van der Waals surface area contributed by atoms with E-state index in [0.29, 0.717) is 12.8 Å².